The number of aromatic nitrogens is 3. The number of morpholine rings is 1. The molecule has 168 valence electrons. The van der Waals surface area contributed by atoms with E-state index in [0.29, 0.717) is 18.3 Å². The summed E-state index contributed by atoms with van der Waals surface area (Å²) in [5, 5.41) is 6.98. The van der Waals surface area contributed by atoms with E-state index in [-0.39, 0.29) is 24.5 Å². The van der Waals surface area contributed by atoms with E-state index in [4.69, 9.17) is 18.7 Å². The van der Waals surface area contributed by atoms with Crippen LogP contribution in [0.4, 0.5) is 0 Å². The van der Waals surface area contributed by atoms with E-state index >= 15 is 0 Å². The Labute approximate surface area is 181 Å². The van der Waals surface area contributed by atoms with Gasteiger partial charge in [-0.15, -0.1) is 0 Å². The quantitative estimate of drug-likeness (QED) is 0.619. The summed E-state index contributed by atoms with van der Waals surface area (Å²) in [6.07, 6.45) is 5.20. The van der Waals surface area contributed by atoms with Gasteiger partial charge in [-0.25, -0.2) is 0 Å². The second-order valence-electron chi connectivity index (χ2n) is 8.02. The van der Waals surface area contributed by atoms with Crippen molar-refractivity contribution in [3.8, 4) is 11.4 Å². The maximum atomic E-state index is 12.4. The van der Waals surface area contributed by atoms with Crippen molar-refractivity contribution < 1.29 is 23.5 Å². The topological polar surface area (TPSA) is 112 Å². The van der Waals surface area contributed by atoms with Crippen LogP contribution in [-0.2, 0) is 25.6 Å². The second-order valence-corrected chi connectivity index (χ2v) is 8.02. The first-order valence-electron chi connectivity index (χ1n) is 10.7. The van der Waals surface area contributed by atoms with Gasteiger partial charge in [-0.1, -0.05) is 5.16 Å². The van der Waals surface area contributed by atoms with E-state index < -0.39 is 0 Å². The number of nitrogens with one attached hydrogen (secondary N) is 1. The zero-order chi connectivity index (χ0) is 21.4. The fourth-order valence-electron chi connectivity index (χ4n) is 3.93. The van der Waals surface area contributed by atoms with Crippen LogP contribution >= 0.6 is 0 Å². The van der Waals surface area contributed by atoms with Crippen LogP contribution in [-0.4, -0.2) is 85.1 Å². The van der Waals surface area contributed by atoms with Crippen LogP contribution in [0.2, 0.25) is 0 Å². The number of nitrogens with zero attached hydrogens (tertiary/aromatic N) is 4. The molecule has 0 unspecified atom stereocenters. The highest BCUT2D eigenvalue weighted by molar-refractivity contribution is 5.77. The van der Waals surface area contributed by atoms with Crippen LogP contribution in [0.5, 0.6) is 0 Å². The summed E-state index contributed by atoms with van der Waals surface area (Å²) in [5.74, 6) is 0.643. The van der Waals surface area contributed by atoms with Crippen LogP contribution < -0.4 is 5.32 Å². The van der Waals surface area contributed by atoms with Gasteiger partial charge in [0.2, 0.25) is 11.7 Å². The van der Waals surface area contributed by atoms with Crippen LogP contribution in [0.1, 0.15) is 18.7 Å². The molecule has 2 aliphatic rings. The Hall–Kier alpha value is -2.40. The first kappa shape index (κ1) is 21.8. The zero-order valence-corrected chi connectivity index (χ0v) is 17.6. The molecular weight excluding hydrogens is 402 g/mol. The molecule has 2 aromatic heterocycles. The van der Waals surface area contributed by atoms with E-state index in [1.165, 1.54) is 0 Å². The minimum Gasteiger partial charge on any atom is -0.381 e. The Morgan fingerprint density at radius 1 is 1.13 bits per heavy atom. The number of carbonyl (C=O) groups excluding carboxylic acids is 1. The number of rotatable bonds is 9. The predicted molar refractivity (Wildman–Crippen MR) is 110 cm³/mol. The third-order valence-electron chi connectivity index (χ3n) is 5.74. The van der Waals surface area contributed by atoms with Gasteiger partial charge < -0.3 is 24.1 Å². The average molecular weight is 431 g/mol. The summed E-state index contributed by atoms with van der Waals surface area (Å²) in [4.78, 5) is 23.0. The van der Waals surface area contributed by atoms with E-state index in [9.17, 15) is 4.79 Å². The smallest absolute Gasteiger partial charge is 0.252 e. The molecule has 0 aromatic carbocycles. The third-order valence-corrected chi connectivity index (χ3v) is 5.74. The van der Waals surface area contributed by atoms with Crippen molar-refractivity contribution >= 4 is 5.91 Å². The fraction of sp³-hybridized carbons (Fsp3) is 0.619. The lowest BCUT2D eigenvalue weighted by molar-refractivity contribution is -0.127. The molecule has 0 saturated carbocycles. The number of ether oxygens (including phenoxy) is 3. The largest absolute Gasteiger partial charge is 0.381 e. The van der Waals surface area contributed by atoms with Crippen LogP contribution in [0.15, 0.2) is 29.0 Å². The van der Waals surface area contributed by atoms with Crippen molar-refractivity contribution in [2.45, 2.75) is 19.4 Å². The predicted octanol–water partition coefficient (Wildman–Crippen LogP) is 0.893. The third kappa shape index (κ3) is 6.30. The minimum atomic E-state index is -0.151. The molecule has 1 N–H and O–H groups in total. The molecule has 10 heteroatoms. The molecule has 0 radical (unpaired) electrons. The van der Waals surface area contributed by atoms with Crippen LogP contribution in [0, 0.1) is 5.41 Å². The number of pyridine rings is 1. The van der Waals surface area contributed by atoms with Gasteiger partial charge in [0, 0.05) is 62.8 Å². The van der Waals surface area contributed by atoms with Gasteiger partial charge in [-0.3, -0.25) is 14.7 Å². The Bertz CT molecular complexity index is 819. The van der Waals surface area contributed by atoms with Crippen molar-refractivity contribution in [1.29, 1.82) is 0 Å². The maximum absolute atomic E-state index is 12.4. The SMILES string of the molecule is O=C(COCc1nc(-c2ccncc2)no1)NCC1(CN2CCOCC2)CCOCC1. The van der Waals surface area contributed by atoms with E-state index in [1.807, 2.05) is 0 Å². The molecule has 1 amide bonds. The summed E-state index contributed by atoms with van der Waals surface area (Å²) in [7, 11) is 0. The van der Waals surface area contributed by atoms with Crippen molar-refractivity contribution in [3.05, 3.63) is 30.4 Å². The lowest BCUT2D eigenvalue weighted by atomic mass is 9.79. The van der Waals surface area contributed by atoms with E-state index in [2.05, 4.69) is 25.3 Å². The Balaban J connectivity index is 1.22. The monoisotopic (exact) mass is 431 g/mol. The average Bonchev–Trinajstić information content (AvgIpc) is 3.29. The Morgan fingerprint density at radius 3 is 2.65 bits per heavy atom. The first-order valence-corrected chi connectivity index (χ1v) is 10.7. The molecule has 0 spiro atoms. The van der Waals surface area contributed by atoms with Gasteiger partial charge in [0.15, 0.2) is 0 Å². The van der Waals surface area contributed by atoms with Crippen molar-refractivity contribution in [2.75, 3.05) is 59.2 Å². The Kier molecular flexibility index (Phi) is 7.57. The second kappa shape index (κ2) is 10.8. The zero-order valence-electron chi connectivity index (χ0n) is 17.6. The molecule has 0 aliphatic carbocycles. The highest BCUT2D eigenvalue weighted by atomic mass is 16.5. The summed E-state index contributed by atoms with van der Waals surface area (Å²) >= 11 is 0. The molecule has 2 aromatic rings. The molecular formula is C21H29N5O5. The highest BCUT2D eigenvalue weighted by Crippen LogP contribution is 2.31. The van der Waals surface area contributed by atoms with Crippen molar-refractivity contribution in [1.82, 2.24) is 25.3 Å². The summed E-state index contributed by atoms with van der Waals surface area (Å²) < 4.78 is 21.7. The van der Waals surface area contributed by atoms with E-state index in [1.54, 1.807) is 24.5 Å². The summed E-state index contributed by atoms with van der Waals surface area (Å²) in [6.45, 7) is 6.45. The highest BCUT2D eigenvalue weighted by Gasteiger charge is 2.35. The standard InChI is InChI=1S/C21H29N5O5/c27-18(13-30-14-19-24-20(25-31-19)17-1-5-22-6-2-17)23-15-21(3-9-28-10-4-21)16-26-7-11-29-12-8-26/h1-2,5-6H,3-4,7-16H2,(H,23,27). The van der Waals surface area contributed by atoms with Gasteiger partial charge in [0.05, 0.1) is 13.2 Å². The molecule has 0 atom stereocenters. The first-order chi connectivity index (χ1) is 15.2. The van der Waals surface area contributed by atoms with Crippen LogP contribution in [0.3, 0.4) is 0 Å². The van der Waals surface area contributed by atoms with Gasteiger partial charge >= 0.3 is 0 Å². The fourth-order valence-corrected chi connectivity index (χ4v) is 3.93. The van der Waals surface area contributed by atoms with Gasteiger partial charge in [0.25, 0.3) is 5.89 Å². The lowest BCUT2D eigenvalue weighted by Gasteiger charge is -2.42. The normalized spacial score (nSPS) is 19.2. The minimum absolute atomic E-state index is 0.0250. The number of amides is 1. The van der Waals surface area contributed by atoms with Crippen molar-refractivity contribution in [3.63, 3.8) is 0 Å². The lowest BCUT2D eigenvalue weighted by Crippen LogP contribution is -2.51. The molecule has 2 saturated heterocycles. The summed E-state index contributed by atoms with van der Waals surface area (Å²) in [6, 6.07) is 3.60. The molecule has 0 bridgehead atoms. The molecule has 4 heterocycles. The molecule has 2 fully saturated rings. The molecule has 31 heavy (non-hydrogen) atoms. The van der Waals surface area contributed by atoms with E-state index in [0.717, 1.165) is 64.5 Å². The van der Waals surface area contributed by atoms with Gasteiger partial charge in [-0.05, 0) is 25.0 Å². The number of hydrogen-bond acceptors (Lipinski definition) is 9. The molecule has 4 rings (SSSR count). The molecule has 2 aliphatic heterocycles. The summed E-state index contributed by atoms with van der Waals surface area (Å²) in [5.41, 5.74) is 0.835. The maximum Gasteiger partial charge on any atom is 0.252 e. The number of hydrogen-bond donors (Lipinski definition) is 1. The number of carbonyl (C=O) groups is 1. The van der Waals surface area contributed by atoms with Gasteiger partial charge in [-0.2, -0.15) is 4.98 Å². The Morgan fingerprint density at radius 2 is 1.87 bits per heavy atom. The molecule has 10 nitrogen and oxygen atoms in total. The van der Waals surface area contributed by atoms with Crippen molar-refractivity contribution in [2.24, 2.45) is 5.41 Å². The van der Waals surface area contributed by atoms with Crippen LogP contribution in [0.25, 0.3) is 11.4 Å². The van der Waals surface area contributed by atoms with Gasteiger partial charge in [0.1, 0.15) is 13.2 Å².